The maximum Gasteiger partial charge on any atom is 0.249 e. The summed E-state index contributed by atoms with van der Waals surface area (Å²) in [6, 6.07) is 9.52. The van der Waals surface area contributed by atoms with Crippen LogP contribution in [0.5, 0.6) is 0 Å². The normalized spacial score (nSPS) is 25.2. The van der Waals surface area contributed by atoms with E-state index in [0.717, 1.165) is 23.4 Å². The van der Waals surface area contributed by atoms with Crippen molar-refractivity contribution in [2.75, 3.05) is 11.1 Å². The minimum Gasteiger partial charge on any atom is -0.311 e. The molecular formula is C17H18N4O2S2. The van der Waals surface area contributed by atoms with Gasteiger partial charge in [-0.3, -0.25) is 14.9 Å². The summed E-state index contributed by atoms with van der Waals surface area (Å²) in [5, 5.41) is 12.2. The lowest BCUT2D eigenvalue weighted by Crippen LogP contribution is -2.48. The Balaban J connectivity index is 1.59. The molecule has 2 saturated heterocycles. The third-order valence-electron chi connectivity index (χ3n) is 4.65. The van der Waals surface area contributed by atoms with Gasteiger partial charge in [-0.25, -0.2) is 0 Å². The number of thioether (sulfide) groups is 1. The molecule has 1 N–H and O–H groups in total. The number of hydrogen-bond donors (Lipinski definition) is 1. The number of rotatable bonds is 4. The summed E-state index contributed by atoms with van der Waals surface area (Å²) in [6.07, 6.45) is 2.00. The Morgan fingerprint density at radius 2 is 2.16 bits per heavy atom. The summed E-state index contributed by atoms with van der Waals surface area (Å²) in [4.78, 5) is 26.7. The Kier molecular flexibility index (Phi) is 4.24. The van der Waals surface area contributed by atoms with Crippen molar-refractivity contribution in [2.45, 2.75) is 37.1 Å². The van der Waals surface area contributed by atoms with Gasteiger partial charge in [0.1, 0.15) is 15.9 Å². The van der Waals surface area contributed by atoms with Crippen molar-refractivity contribution in [3.8, 4) is 0 Å². The van der Waals surface area contributed by atoms with Crippen LogP contribution in [-0.4, -0.2) is 38.7 Å². The molecule has 0 bridgehead atoms. The molecular weight excluding hydrogens is 356 g/mol. The molecule has 25 heavy (non-hydrogen) atoms. The number of anilines is 1. The zero-order valence-corrected chi connectivity index (χ0v) is 15.4. The van der Waals surface area contributed by atoms with E-state index in [1.807, 2.05) is 37.3 Å². The molecule has 2 atom stereocenters. The lowest BCUT2D eigenvalue weighted by Gasteiger charge is -2.33. The predicted octanol–water partition coefficient (Wildman–Crippen LogP) is 2.63. The molecule has 2 aromatic rings. The van der Waals surface area contributed by atoms with Crippen molar-refractivity contribution < 1.29 is 9.59 Å². The highest BCUT2D eigenvalue weighted by Gasteiger charge is 2.56. The number of benzene rings is 1. The van der Waals surface area contributed by atoms with E-state index in [2.05, 4.69) is 15.5 Å². The van der Waals surface area contributed by atoms with Crippen molar-refractivity contribution in [3.05, 3.63) is 40.9 Å². The number of nitrogens with zero attached hydrogens (tertiary/aromatic N) is 3. The van der Waals surface area contributed by atoms with Crippen molar-refractivity contribution in [2.24, 2.45) is 0 Å². The van der Waals surface area contributed by atoms with Gasteiger partial charge in [-0.1, -0.05) is 48.6 Å². The fourth-order valence-corrected chi connectivity index (χ4v) is 5.81. The van der Waals surface area contributed by atoms with E-state index in [1.54, 1.807) is 16.7 Å². The molecule has 0 spiro atoms. The first-order valence-corrected chi connectivity index (χ1v) is 10.1. The van der Waals surface area contributed by atoms with Gasteiger partial charge in [-0.05, 0) is 18.4 Å². The second-order valence-corrected chi connectivity index (χ2v) is 8.44. The minimum atomic E-state index is -0.478. The molecule has 2 fully saturated rings. The highest BCUT2D eigenvalue weighted by molar-refractivity contribution is 8.00. The van der Waals surface area contributed by atoms with Crippen LogP contribution in [0.25, 0.3) is 0 Å². The predicted molar refractivity (Wildman–Crippen MR) is 98.4 cm³/mol. The van der Waals surface area contributed by atoms with Crippen LogP contribution in [0, 0.1) is 0 Å². The van der Waals surface area contributed by atoms with Gasteiger partial charge in [0.25, 0.3) is 0 Å². The Labute approximate surface area is 154 Å². The van der Waals surface area contributed by atoms with E-state index in [4.69, 9.17) is 0 Å². The van der Waals surface area contributed by atoms with Gasteiger partial charge in [0, 0.05) is 12.2 Å². The van der Waals surface area contributed by atoms with Gasteiger partial charge in [-0.15, -0.1) is 22.0 Å². The molecule has 8 heteroatoms. The molecule has 0 aliphatic carbocycles. The maximum atomic E-state index is 12.8. The van der Waals surface area contributed by atoms with Crippen LogP contribution >= 0.6 is 23.1 Å². The highest BCUT2D eigenvalue weighted by Crippen LogP contribution is 2.54. The van der Waals surface area contributed by atoms with Crippen molar-refractivity contribution in [1.82, 2.24) is 15.1 Å². The van der Waals surface area contributed by atoms with E-state index in [9.17, 15) is 9.59 Å². The molecule has 6 nitrogen and oxygen atoms in total. The Bertz CT molecular complexity index is 810. The largest absolute Gasteiger partial charge is 0.311 e. The first kappa shape index (κ1) is 16.5. The average Bonchev–Trinajstić information content (AvgIpc) is 3.32. The molecule has 1 aromatic carbocycles. The van der Waals surface area contributed by atoms with Crippen LogP contribution in [0.1, 0.15) is 30.3 Å². The molecule has 2 aliphatic heterocycles. The monoisotopic (exact) mass is 374 g/mol. The zero-order valence-electron chi connectivity index (χ0n) is 13.8. The topological polar surface area (TPSA) is 75.2 Å². The van der Waals surface area contributed by atoms with Crippen molar-refractivity contribution in [1.29, 1.82) is 0 Å². The number of hydrogen-bond acceptors (Lipinski definition) is 6. The van der Waals surface area contributed by atoms with Gasteiger partial charge in [0.05, 0.1) is 0 Å². The quantitative estimate of drug-likeness (QED) is 0.890. The highest BCUT2D eigenvalue weighted by atomic mass is 32.2. The van der Waals surface area contributed by atoms with E-state index in [1.165, 1.54) is 11.3 Å². The van der Waals surface area contributed by atoms with Crippen LogP contribution in [0.4, 0.5) is 5.13 Å². The number of aryl methyl sites for hydroxylation is 1. The summed E-state index contributed by atoms with van der Waals surface area (Å²) in [5.74, 6) is 0.450. The molecule has 0 saturated carbocycles. The lowest BCUT2D eigenvalue weighted by atomic mass is 10.0. The molecule has 130 valence electrons. The third-order valence-corrected chi connectivity index (χ3v) is 7.23. The molecule has 2 aliphatic rings. The first-order valence-electron chi connectivity index (χ1n) is 8.29. The zero-order chi connectivity index (χ0) is 17.4. The molecule has 2 amide bonds. The van der Waals surface area contributed by atoms with Gasteiger partial charge in [0.15, 0.2) is 0 Å². The third kappa shape index (κ3) is 2.73. The number of amides is 2. The number of carbonyl (C=O) groups excluding carboxylic acids is 2. The van der Waals surface area contributed by atoms with Crippen LogP contribution in [0.3, 0.4) is 0 Å². The van der Waals surface area contributed by atoms with Crippen LogP contribution in [0.15, 0.2) is 30.3 Å². The number of fused-ring (bicyclic) bond motifs is 1. The second-order valence-electron chi connectivity index (χ2n) is 6.08. The molecule has 4 rings (SSSR count). The Morgan fingerprint density at radius 1 is 1.36 bits per heavy atom. The minimum absolute atomic E-state index is 0.0421. The summed E-state index contributed by atoms with van der Waals surface area (Å²) in [6.45, 7) is 2.00. The molecule has 3 heterocycles. The number of nitrogens with one attached hydrogen (secondary N) is 1. The van der Waals surface area contributed by atoms with Crippen LogP contribution in [0.2, 0.25) is 0 Å². The SMILES string of the molecule is CCc1nnc(NC(=O)[C@@H]2CS[C@@]3(c4ccccc4)CCC(=O)N23)s1. The fraction of sp³-hybridized carbons (Fsp3) is 0.412. The lowest BCUT2D eigenvalue weighted by molar-refractivity contribution is -0.136. The maximum absolute atomic E-state index is 12.8. The average molecular weight is 374 g/mol. The summed E-state index contributed by atoms with van der Waals surface area (Å²) >= 11 is 3.06. The van der Waals surface area contributed by atoms with E-state index < -0.39 is 10.9 Å². The molecule has 0 radical (unpaired) electrons. The smallest absolute Gasteiger partial charge is 0.249 e. The van der Waals surface area contributed by atoms with Crippen molar-refractivity contribution in [3.63, 3.8) is 0 Å². The van der Waals surface area contributed by atoms with E-state index in [0.29, 0.717) is 17.3 Å². The summed E-state index contributed by atoms with van der Waals surface area (Å²) in [7, 11) is 0. The van der Waals surface area contributed by atoms with E-state index in [-0.39, 0.29) is 11.8 Å². The van der Waals surface area contributed by atoms with Gasteiger partial charge < -0.3 is 4.90 Å². The number of carbonyl (C=O) groups is 2. The molecule has 0 unspecified atom stereocenters. The van der Waals surface area contributed by atoms with Gasteiger partial charge in [-0.2, -0.15) is 0 Å². The standard InChI is InChI=1S/C17H18N4O2S2/c1-2-13-19-20-16(25-13)18-15(23)12-10-24-17(9-8-14(22)21(12)17)11-6-4-3-5-7-11/h3-7,12H,2,8-10H2,1H3,(H,18,20,23)/t12-,17+/m0/s1. The van der Waals surface area contributed by atoms with Gasteiger partial charge >= 0.3 is 0 Å². The second kappa shape index (κ2) is 6.42. The molecule has 1 aromatic heterocycles. The van der Waals surface area contributed by atoms with Gasteiger partial charge in [0.2, 0.25) is 16.9 Å². The summed E-state index contributed by atoms with van der Waals surface area (Å²) < 4.78 is 0. The first-order chi connectivity index (χ1) is 12.1. The van der Waals surface area contributed by atoms with Crippen LogP contribution < -0.4 is 5.32 Å². The fourth-order valence-electron chi connectivity index (χ4n) is 3.47. The Morgan fingerprint density at radius 3 is 2.88 bits per heavy atom. The summed E-state index contributed by atoms with van der Waals surface area (Å²) in [5.41, 5.74) is 1.09. The van der Waals surface area contributed by atoms with E-state index >= 15 is 0 Å². The van der Waals surface area contributed by atoms with Crippen molar-refractivity contribution >= 4 is 40.0 Å². The number of aromatic nitrogens is 2. The van der Waals surface area contributed by atoms with Crippen LogP contribution in [-0.2, 0) is 20.9 Å². The Hall–Kier alpha value is -1.93.